The van der Waals surface area contributed by atoms with E-state index in [1.165, 1.54) is 0 Å². The molecule has 2 rings (SSSR count). The lowest BCUT2D eigenvalue weighted by molar-refractivity contribution is 0.419. The van der Waals surface area contributed by atoms with Gasteiger partial charge < -0.3 is 9.84 Å². The molecule has 2 aromatic rings. The molecular weight excluding hydrogens is 202 g/mol. The number of benzene rings is 1. The molecule has 0 spiro atoms. The topological polar surface area (TPSA) is 42.4 Å². The highest BCUT2D eigenvalue weighted by Gasteiger charge is 2.11. The van der Waals surface area contributed by atoms with Gasteiger partial charge >= 0.3 is 0 Å². The lowest BCUT2D eigenvalue weighted by Crippen LogP contribution is -1.95. The highest BCUT2D eigenvalue weighted by molar-refractivity contribution is 5.86. The van der Waals surface area contributed by atoms with Gasteiger partial charge in [-0.15, -0.1) is 0 Å². The van der Waals surface area contributed by atoms with Crippen molar-refractivity contribution in [1.29, 1.82) is 0 Å². The summed E-state index contributed by atoms with van der Waals surface area (Å²) in [6, 6.07) is 7.40. The number of ether oxygens (including phenoxy) is 1. The van der Waals surface area contributed by atoms with Gasteiger partial charge in [0, 0.05) is 5.39 Å². The zero-order valence-corrected chi connectivity index (χ0v) is 9.69. The molecule has 0 atom stereocenters. The molecule has 84 valence electrons. The molecule has 0 fully saturated rings. The van der Waals surface area contributed by atoms with E-state index in [-0.39, 0.29) is 11.7 Å². The summed E-state index contributed by atoms with van der Waals surface area (Å²) in [4.78, 5) is 4.45. The van der Waals surface area contributed by atoms with Crippen molar-refractivity contribution in [3.05, 3.63) is 30.0 Å². The van der Waals surface area contributed by atoms with Gasteiger partial charge in [-0.3, -0.25) is 0 Å². The van der Waals surface area contributed by atoms with Crippen LogP contribution in [0.2, 0.25) is 0 Å². The van der Waals surface area contributed by atoms with Crippen LogP contribution in [0.15, 0.2) is 24.3 Å². The van der Waals surface area contributed by atoms with Gasteiger partial charge in [0.2, 0.25) is 0 Å². The normalized spacial score (nSPS) is 11.0. The van der Waals surface area contributed by atoms with Crippen LogP contribution in [-0.2, 0) is 0 Å². The Kier molecular flexibility index (Phi) is 2.69. The van der Waals surface area contributed by atoms with E-state index in [9.17, 15) is 5.11 Å². The van der Waals surface area contributed by atoms with E-state index in [2.05, 4.69) is 4.98 Å². The van der Waals surface area contributed by atoms with Crippen LogP contribution in [-0.4, -0.2) is 17.2 Å². The number of fused-ring (bicyclic) bond motifs is 1. The van der Waals surface area contributed by atoms with Crippen molar-refractivity contribution in [2.45, 2.75) is 19.8 Å². The summed E-state index contributed by atoms with van der Waals surface area (Å²) < 4.78 is 5.23. The van der Waals surface area contributed by atoms with E-state index in [1.54, 1.807) is 13.2 Å². The molecular formula is C13H15NO2. The molecule has 1 aromatic carbocycles. The van der Waals surface area contributed by atoms with E-state index in [4.69, 9.17) is 4.74 Å². The quantitative estimate of drug-likeness (QED) is 0.840. The summed E-state index contributed by atoms with van der Waals surface area (Å²) in [5.41, 5.74) is 1.57. The van der Waals surface area contributed by atoms with Gasteiger partial charge in [-0.1, -0.05) is 19.9 Å². The monoisotopic (exact) mass is 217 g/mol. The van der Waals surface area contributed by atoms with Gasteiger partial charge in [-0.2, -0.15) is 0 Å². The van der Waals surface area contributed by atoms with Crippen molar-refractivity contribution in [3.8, 4) is 11.5 Å². The molecule has 0 saturated heterocycles. The average molecular weight is 217 g/mol. The van der Waals surface area contributed by atoms with Gasteiger partial charge in [-0.25, -0.2) is 4.98 Å². The highest BCUT2D eigenvalue weighted by Crippen LogP contribution is 2.31. The van der Waals surface area contributed by atoms with Gasteiger partial charge in [0.15, 0.2) is 0 Å². The summed E-state index contributed by atoms with van der Waals surface area (Å²) in [5.74, 6) is 1.17. The predicted octanol–water partition coefficient (Wildman–Crippen LogP) is 3.07. The molecule has 3 nitrogen and oxygen atoms in total. The first-order valence-electron chi connectivity index (χ1n) is 5.30. The van der Waals surface area contributed by atoms with Crippen molar-refractivity contribution in [1.82, 2.24) is 4.98 Å². The third-order valence-electron chi connectivity index (χ3n) is 2.59. The molecule has 0 aliphatic carbocycles. The maximum Gasteiger partial charge on any atom is 0.138 e. The number of aromatic nitrogens is 1. The maximum absolute atomic E-state index is 9.88. The standard InChI is InChI=1S/C13H15NO2/c1-8(2)13-11(15)7-9-10(14-13)5-4-6-12(9)16-3/h4-8,15H,1-3H3. The Morgan fingerprint density at radius 1 is 1.31 bits per heavy atom. The Labute approximate surface area is 94.7 Å². The Bertz CT molecular complexity index is 521. The van der Waals surface area contributed by atoms with E-state index in [0.717, 1.165) is 22.3 Å². The van der Waals surface area contributed by atoms with Crippen LogP contribution in [0.3, 0.4) is 0 Å². The first kappa shape index (κ1) is 10.7. The first-order valence-corrected chi connectivity index (χ1v) is 5.30. The van der Waals surface area contributed by atoms with E-state index < -0.39 is 0 Å². The maximum atomic E-state index is 9.88. The second kappa shape index (κ2) is 4.00. The number of hydrogen-bond donors (Lipinski definition) is 1. The van der Waals surface area contributed by atoms with Crippen molar-refractivity contribution in [3.63, 3.8) is 0 Å². The van der Waals surface area contributed by atoms with E-state index in [0.29, 0.717) is 0 Å². The number of rotatable bonds is 2. The fourth-order valence-corrected chi connectivity index (χ4v) is 1.78. The van der Waals surface area contributed by atoms with Gasteiger partial charge in [0.25, 0.3) is 0 Å². The second-order valence-corrected chi connectivity index (χ2v) is 4.07. The zero-order chi connectivity index (χ0) is 11.7. The third kappa shape index (κ3) is 1.69. The molecule has 16 heavy (non-hydrogen) atoms. The van der Waals surface area contributed by atoms with Crippen LogP contribution in [0.5, 0.6) is 11.5 Å². The van der Waals surface area contributed by atoms with Crippen LogP contribution >= 0.6 is 0 Å². The van der Waals surface area contributed by atoms with E-state index >= 15 is 0 Å². The molecule has 0 amide bonds. The summed E-state index contributed by atoms with van der Waals surface area (Å²) in [5, 5.41) is 10.7. The molecule has 0 unspecified atom stereocenters. The molecule has 0 aliphatic rings. The lowest BCUT2D eigenvalue weighted by atomic mass is 10.1. The SMILES string of the molecule is COc1cccc2nc(C(C)C)c(O)cc12. The van der Waals surface area contributed by atoms with Crippen molar-refractivity contribution < 1.29 is 9.84 Å². The fraction of sp³-hybridized carbons (Fsp3) is 0.308. The Morgan fingerprint density at radius 3 is 2.69 bits per heavy atom. The number of nitrogens with zero attached hydrogens (tertiary/aromatic N) is 1. The third-order valence-corrected chi connectivity index (χ3v) is 2.59. The number of aromatic hydroxyl groups is 1. The van der Waals surface area contributed by atoms with Crippen LogP contribution < -0.4 is 4.74 Å². The highest BCUT2D eigenvalue weighted by atomic mass is 16.5. The van der Waals surface area contributed by atoms with Gasteiger partial charge in [-0.05, 0) is 24.1 Å². The summed E-state index contributed by atoms with van der Waals surface area (Å²) in [6.45, 7) is 4.02. The second-order valence-electron chi connectivity index (χ2n) is 4.07. The Morgan fingerprint density at radius 2 is 2.06 bits per heavy atom. The first-order chi connectivity index (χ1) is 7.63. The molecule has 1 N–H and O–H groups in total. The summed E-state index contributed by atoms with van der Waals surface area (Å²) >= 11 is 0. The average Bonchev–Trinajstić information content (AvgIpc) is 2.27. The minimum Gasteiger partial charge on any atom is -0.506 e. The molecule has 3 heteroatoms. The Hall–Kier alpha value is -1.77. The van der Waals surface area contributed by atoms with E-state index in [1.807, 2.05) is 32.0 Å². The fourth-order valence-electron chi connectivity index (χ4n) is 1.78. The minimum atomic E-state index is 0.204. The number of hydrogen-bond acceptors (Lipinski definition) is 3. The number of pyridine rings is 1. The molecule has 1 aromatic heterocycles. The molecule has 0 aliphatic heterocycles. The lowest BCUT2D eigenvalue weighted by Gasteiger charge is -2.10. The smallest absolute Gasteiger partial charge is 0.138 e. The molecule has 1 heterocycles. The number of methoxy groups -OCH3 is 1. The predicted molar refractivity (Wildman–Crippen MR) is 64.0 cm³/mol. The van der Waals surface area contributed by atoms with Crippen molar-refractivity contribution >= 4 is 10.9 Å². The zero-order valence-electron chi connectivity index (χ0n) is 9.69. The van der Waals surface area contributed by atoms with Gasteiger partial charge in [0.1, 0.15) is 11.5 Å². The van der Waals surface area contributed by atoms with Crippen LogP contribution in [0, 0.1) is 0 Å². The Balaban J connectivity index is 2.73. The van der Waals surface area contributed by atoms with Gasteiger partial charge in [0.05, 0.1) is 18.3 Å². The van der Waals surface area contributed by atoms with Crippen LogP contribution in [0.1, 0.15) is 25.5 Å². The largest absolute Gasteiger partial charge is 0.506 e. The molecule has 0 saturated carbocycles. The van der Waals surface area contributed by atoms with Crippen LogP contribution in [0.4, 0.5) is 0 Å². The van der Waals surface area contributed by atoms with Crippen molar-refractivity contribution in [2.75, 3.05) is 7.11 Å². The van der Waals surface area contributed by atoms with Crippen molar-refractivity contribution in [2.24, 2.45) is 0 Å². The summed E-state index contributed by atoms with van der Waals surface area (Å²) in [6.07, 6.45) is 0. The molecule has 0 radical (unpaired) electrons. The van der Waals surface area contributed by atoms with Crippen LogP contribution in [0.25, 0.3) is 10.9 Å². The molecule has 0 bridgehead atoms. The summed E-state index contributed by atoms with van der Waals surface area (Å²) in [7, 11) is 1.61. The minimum absolute atomic E-state index is 0.204.